The second kappa shape index (κ2) is 6.98. The molecule has 0 aliphatic carbocycles. The molecule has 1 aromatic rings. The first-order valence-corrected chi connectivity index (χ1v) is 5.28. The first-order chi connectivity index (χ1) is 7.70. The van der Waals surface area contributed by atoms with Crippen LogP contribution in [0.2, 0.25) is 0 Å². The third kappa shape index (κ3) is 4.91. The van der Waals surface area contributed by atoms with Gasteiger partial charge in [0.25, 0.3) is 0 Å². The molecule has 0 heterocycles. The molecule has 1 unspecified atom stereocenters. The summed E-state index contributed by atoms with van der Waals surface area (Å²) in [5, 5.41) is 11.5. The number of carbonyl (C=O) groups is 1. The highest BCUT2D eigenvalue weighted by atomic mass is 16.5. The predicted molar refractivity (Wildman–Crippen MR) is 61.2 cm³/mol. The average Bonchev–Trinajstić information content (AvgIpc) is 2.29. The quantitative estimate of drug-likeness (QED) is 0.683. The Balaban J connectivity index is 2.07. The summed E-state index contributed by atoms with van der Waals surface area (Å²) in [6.45, 7) is 3.22. The number of hydrogen-bond donors (Lipinski definition) is 2. The average molecular weight is 223 g/mol. The molecule has 88 valence electrons. The van der Waals surface area contributed by atoms with E-state index < -0.39 is 12.0 Å². The van der Waals surface area contributed by atoms with E-state index in [0.717, 1.165) is 5.56 Å². The second-order valence-corrected chi connectivity index (χ2v) is 3.55. The van der Waals surface area contributed by atoms with E-state index in [0.29, 0.717) is 19.8 Å². The fraction of sp³-hybridized carbons (Fsp3) is 0.417. The molecule has 0 saturated carbocycles. The normalized spacial score (nSPS) is 12.3. The van der Waals surface area contributed by atoms with Gasteiger partial charge in [0.15, 0.2) is 0 Å². The molecule has 0 aliphatic rings. The van der Waals surface area contributed by atoms with E-state index in [9.17, 15) is 4.79 Å². The number of rotatable bonds is 7. The standard InChI is InChI=1S/C12H17NO3/c1-10(12(14)15)13-7-8-16-9-11-5-3-2-4-6-11/h2-6,10,13H,7-9H2,1H3,(H,14,15). The van der Waals surface area contributed by atoms with Crippen LogP contribution in [-0.4, -0.2) is 30.3 Å². The maximum atomic E-state index is 10.5. The Labute approximate surface area is 95.2 Å². The SMILES string of the molecule is CC(NCCOCc1ccccc1)C(=O)O. The van der Waals surface area contributed by atoms with E-state index in [4.69, 9.17) is 9.84 Å². The minimum atomic E-state index is -0.844. The van der Waals surface area contributed by atoms with Crippen LogP contribution in [0.4, 0.5) is 0 Å². The smallest absolute Gasteiger partial charge is 0.320 e. The topological polar surface area (TPSA) is 58.6 Å². The van der Waals surface area contributed by atoms with Crippen molar-refractivity contribution < 1.29 is 14.6 Å². The summed E-state index contributed by atoms with van der Waals surface area (Å²) in [4.78, 5) is 10.5. The molecule has 4 heteroatoms. The highest BCUT2D eigenvalue weighted by Crippen LogP contribution is 1.99. The maximum absolute atomic E-state index is 10.5. The fourth-order valence-electron chi connectivity index (χ4n) is 1.20. The molecule has 0 aliphatic heterocycles. The zero-order chi connectivity index (χ0) is 11.8. The molecule has 1 aromatic carbocycles. The Bertz CT molecular complexity index is 313. The third-order valence-electron chi connectivity index (χ3n) is 2.18. The Kier molecular flexibility index (Phi) is 5.53. The summed E-state index contributed by atoms with van der Waals surface area (Å²) in [5.41, 5.74) is 1.12. The van der Waals surface area contributed by atoms with Crippen LogP contribution < -0.4 is 5.32 Å². The summed E-state index contributed by atoms with van der Waals surface area (Å²) in [5.74, 6) is -0.844. The number of aliphatic carboxylic acids is 1. The number of ether oxygens (including phenoxy) is 1. The first kappa shape index (κ1) is 12.7. The Hall–Kier alpha value is -1.39. The lowest BCUT2D eigenvalue weighted by Crippen LogP contribution is -2.35. The molecular weight excluding hydrogens is 206 g/mol. The van der Waals surface area contributed by atoms with Crippen molar-refractivity contribution in [3.05, 3.63) is 35.9 Å². The van der Waals surface area contributed by atoms with Gasteiger partial charge in [-0.25, -0.2) is 0 Å². The van der Waals surface area contributed by atoms with E-state index in [-0.39, 0.29) is 0 Å². The van der Waals surface area contributed by atoms with Crippen molar-refractivity contribution in [2.75, 3.05) is 13.2 Å². The van der Waals surface area contributed by atoms with Gasteiger partial charge < -0.3 is 15.2 Å². The van der Waals surface area contributed by atoms with Crippen molar-refractivity contribution >= 4 is 5.97 Å². The molecule has 0 radical (unpaired) electrons. The monoisotopic (exact) mass is 223 g/mol. The highest BCUT2D eigenvalue weighted by molar-refractivity contribution is 5.72. The van der Waals surface area contributed by atoms with Gasteiger partial charge in [-0.1, -0.05) is 30.3 Å². The van der Waals surface area contributed by atoms with Gasteiger partial charge in [-0.15, -0.1) is 0 Å². The van der Waals surface area contributed by atoms with E-state index in [1.54, 1.807) is 6.92 Å². The minimum Gasteiger partial charge on any atom is -0.480 e. The lowest BCUT2D eigenvalue weighted by molar-refractivity contribution is -0.139. The van der Waals surface area contributed by atoms with Crippen LogP contribution in [0.25, 0.3) is 0 Å². The van der Waals surface area contributed by atoms with Gasteiger partial charge >= 0.3 is 5.97 Å². The van der Waals surface area contributed by atoms with Crippen molar-refractivity contribution in [3.8, 4) is 0 Å². The molecule has 1 rings (SSSR count). The summed E-state index contributed by atoms with van der Waals surface area (Å²) >= 11 is 0. The van der Waals surface area contributed by atoms with Crippen molar-refractivity contribution in [2.24, 2.45) is 0 Å². The van der Waals surface area contributed by atoms with Crippen LogP contribution in [0.3, 0.4) is 0 Å². The van der Waals surface area contributed by atoms with Crippen LogP contribution in [0.15, 0.2) is 30.3 Å². The molecule has 0 amide bonds. The zero-order valence-corrected chi connectivity index (χ0v) is 9.35. The third-order valence-corrected chi connectivity index (χ3v) is 2.18. The lowest BCUT2D eigenvalue weighted by Gasteiger charge is -2.09. The number of hydrogen-bond acceptors (Lipinski definition) is 3. The largest absolute Gasteiger partial charge is 0.480 e. The van der Waals surface area contributed by atoms with Gasteiger partial charge in [0.05, 0.1) is 13.2 Å². The summed E-state index contributed by atoms with van der Waals surface area (Å²) < 4.78 is 5.39. The molecule has 0 fully saturated rings. The van der Waals surface area contributed by atoms with Gasteiger partial charge in [-0.2, -0.15) is 0 Å². The Morgan fingerprint density at radius 2 is 2.12 bits per heavy atom. The van der Waals surface area contributed by atoms with E-state index in [2.05, 4.69) is 5.32 Å². The summed E-state index contributed by atoms with van der Waals surface area (Å²) in [6.07, 6.45) is 0. The van der Waals surface area contributed by atoms with Gasteiger partial charge in [0.1, 0.15) is 6.04 Å². The lowest BCUT2D eigenvalue weighted by atomic mass is 10.2. The van der Waals surface area contributed by atoms with Gasteiger partial charge in [-0.05, 0) is 12.5 Å². The van der Waals surface area contributed by atoms with E-state index in [1.165, 1.54) is 0 Å². The van der Waals surface area contributed by atoms with Crippen molar-refractivity contribution in [2.45, 2.75) is 19.6 Å². The number of benzene rings is 1. The Morgan fingerprint density at radius 1 is 1.44 bits per heavy atom. The zero-order valence-electron chi connectivity index (χ0n) is 9.35. The van der Waals surface area contributed by atoms with Crippen LogP contribution in [0.1, 0.15) is 12.5 Å². The van der Waals surface area contributed by atoms with Crippen LogP contribution >= 0.6 is 0 Å². The van der Waals surface area contributed by atoms with Crippen LogP contribution in [0.5, 0.6) is 0 Å². The van der Waals surface area contributed by atoms with Crippen LogP contribution in [-0.2, 0) is 16.1 Å². The Morgan fingerprint density at radius 3 is 2.75 bits per heavy atom. The van der Waals surface area contributed by atoms with Gasteiger partial charge in [-0.3, -0.25) is 4.79 Å². The number of carboxylic acids is 1. The molecule has 4 nitrogen and oxygen atoms in total. The molecule has 0 aromatic heterocycles. The molecule has 1 atom stereocenters. The molecule has 0 saturated heterocycles. The highest BCUT2D eigenvalue weighted by Gasteiger charge is 2.08. The summed E-state index contributed by atoms with van der Waals surface area (Å²) in [6, 6.07) is 9.34. The van der Waals surface area contributed by atoms with E-state index in [1.807, 2.05) is 30.3 Å². The van der Waals surface area contributed by atoms with Gasteiger partial charge in [0.2, 0.25) is 0 Å². The van der Waals surface area contributed by atoms with Crippen molar-refractivity contribution in [1.82, 2.24) is 5.32 Å². The first-order valence-electron chi connectivity index (χ1n) is 5.28. The van der Waals surface area contributed by atoms with E-state index >= 15 is 0 Å². The van der Waals surface area contributed by atoms with Crippen molar-refractivity contribution in [3.63, 3.8) is 0 Å². The molecular formula is C12H17NO3. The van der Waals surface area contributed by atoms with Gasteiger partial charge in [0, 0.05) is 6.54 Å². The number of carboxylic acid groups (broad SMARTS) is 1. The van der Waals surface area contributed by atoms with Crippen LogP contribution in [0, 0.1) is 0 Å². The fourth-order valence-corrected chi connectivity index (χ4v) is 1.20. The molecule has 2 N–H and O–H groups in total. The number of nitrogens with one attached hydrogen (secondary N) is 1. The maximum Gasteiger partial charge on any atom is 0.320 e. The van der Waals surface area contributed by atoms with Crippen molar-refractivity contribution in [1.29, 1.82) is 0 Å². The minimum absolute atomic E-state index is 0.506. The predicted octanol–water partition coefficient (Wildman–Crippen LogP) is 1.27. The summed E-state index contributed by atoms with van der Waals surface area (Å²) in [7, 11) is 0. The second-order valence-electron chi connectivity index (χ2n) is 3.55. The molecule has 16 heavy (non-hydrogen) atoms. The molecule has 0 bridgehead atoms. The molecule has 0 spiro atoms.